The zero-order valence-electron chi connectivity index (χ0n) is 17.5. The summed E-state index contributed by atoms with van der Waals surface area (Å²) in [4.78, 5) is 30.6. The van der Waals surface area contributed by atoms with Crippen LogP contribution in [0.3, 0.4) is 0 Å². The summed E-state index contributed by atoms with van der Waals surface area (Å²) in [6, 6.07) is 28.9. The van der Waals surface area contributed by atoms with Gasteiger partial charge >= 0.3 is 5.97 Å². The number of nitrogens with zero attached hydrogens (tertiary/aromatic N) is 1. The second-order valence-corrected chi connectivity index (χ2v) is 7.67. The second kappa shape index (κ2) is 8.15. The van der Waals surface area contributed by atoms with Crippen LogP contribution in [0.15, 0.2) is 108 Å². The Morgan fingerprint density at radius 3 is 1.81 bits per heavy atom. The number of esters is 1. The van der Waals surface area contributed by atoms with Gasteiger partial charge in [-0.3, -0.25) is 4.79 Å². The summed E-state index contributed by atoms with van der Waals surface area (Å²) in [6.07, 6.45) is 3.15. The average molecular weight is 409 g/mol. The minimum absolute atomic E-state index is 0.263. The fraction of sp³-hybridized carbons (Fsp3) is 0.148. The van der Waals surface area contributed by atoms with Crippen molar-refractivity contribution in [3.05, 3.63) is 120 Å². The highest BCUT2D eigenvalue weighted by Crippen LogP contribution is 2.54. The van der Waals surface area contributed by atoms with Gasteiger partial charge in [0.05, 0.1) is 18.2 Å². The molecule has 1 unspecified atom stereocenters. The molecule has 1 atom stereocenters. The van der Waals surface area contributed by atoms with Crippen LogP contribution < -0.4 is 0 Å². The van der Waals surface area contributed by atoms with Gasteiger partial charge in [-0.2, -0.15) is 0 Å². The average Bonchev–Trinajstić information content (AvgIpc) is 3.06. The van der Waals surface area contributed by atoms with Gasteiger partial charge in [-0.05, 0) is 23.6 Å². The number of methoxy groups -OCH3 is 1. The molecular weight excluding hydrogens is 386 g/mol. The smallest absolute Gasteiger partial charge is 0.330 e. The van der Waals surface area contributed by atoms with Gasteiger partial charge in [0.15, 0.2) is 0 Å². The molecule has 4 rings (SSSR count). The van der Waals surface area contributed by atoms with E-state index >= 15 is 0 Å². The van der Waals surface area contributed by atoms with E-state index in [1.807, 2.05) is 97.9 Å². The number of aliphatic imine (C=N–C) groups is 1. The van der Waals surface area contributed by atoms with E-state index in [0.717, 1.165) is 16.7 Å². The predicted octanol–water partition coefficient (Wildman–Crippen LogP) is 4.74. The molecule has 3 aromatic carbocycles. The zero-order valence-corrected chi connectivity index (χ0v) is 17.5. The number of amides is 1. The number of carbonyl (C=O) groups excluding carboxylic acids is 2. The Morgan fingerprint density at radius 1 is 0.839 bits per heavy atom. The van der Waals surface area contributed by atoms with E-state index in [9.17, 15) is 9.59 Å². The molecule has 0 aliphatic carbocycles. The number of hydrogen-bond acceptors (Lipinski definition) is 3. The van der Waals surface area contributed by atoms with Gasteiger partial charge in [0.2, 0.25) is 0 Å². The first kappa shape index (κ1) is 20.5. The lowest BCUT2D eigenvalue weighted by atomic mass is 9.56. The molecule has 1 heterocycles. The van der Waals surface area contributed by atoms with Gasteiger partial charge in [0.1, 0.15) is 5.41 Å². The normalized spacial score (nSPS) is 19.9. The van der Waals surface area contributed by atoms with Crippen molar-refractivity contribution in [1.29, 1.82) is 0 Å². The number of ether oxygens (including phenoxy) is 1. The molecule has 0 spiro atoms. The molecule has 0 saturated carbocycles. The molecule has 1 aliphatic rings. The lowest BCUT2D eigenvalue weighted by Gasteiger charge is -2.42. The first-order chi connectivity index (χ1) is 15.0. The Balaban J connectivity index is 2.06. The van der Waals surface area contributed by atoms with Crippen molar-refractivity contribution in [3.8, 4) is 0 Å². The fourth-order valence-electron chi connectivity index (χ4n) is 4.56. The van der Waals surface area contributed by atoms with Crippen LogP contribution in [0.25, 0.3) is 0 Å². The van der Waals surface area contributed by atoms with Gasteiger partial charge in [-0.25, -0.2) is 9.79 Å². The summed E-state index contributed by atoms with van der Waals surface area (Å²) in [5, 5.41) is 0. The van der Waals surface area contributed by atoms with Crippen molar-refractivity contribution >= 4 is 17.6 Å². The molecule has 0 N–H and O–H groups in total. The van der Waals surface area contributed by atoms with Crippen LogP contribution >= 0.6 is 0 Å². The molecule has 1 amide bonds. The van der Waals surface area contributed by atoms with Crippen molar-refractivity contribution in [2.75, 3.05) is 7.11 Å². The Hall–Kier alpha value is -3.79. The maximum Gasteiger partial charge on any atom is 0.330 e. The molecular formula is C27H23NO3. The number of benzene rings is 3. The summed E-state index contributed by atoms with van der Waals surface area (Å²) >= 11 is 0. The molecule has 154 valence electrons. The molecule has 4 nitrogen and oxygen atoms in total. The molecule has 1 aliphatic heterocycles. The van der Waals surface area contributed by atoms with Gasteiger partial charge in [0, 0.05) is 6.08 Å². The van der Waals surface area contributed by atoms with E-state index in [-0.39, 0.29) is 5.91 Å². The summed E-state index contributed by atoms with van der Waals surface area (Å²) in [5.41, 5.74) is 1.01. The van der Waals surface area contributed by atoms with Gasteiger partial charge in [0.25, 0.3) is 5.91 Å². The van der Waals surface area contributed by atoms with Crippen LogP contribution in [0, 0.1) is 5.41 Å². The van der Waals surface area contributed by atoms with Gasteiger partial charge < -0.3 is 4.74 Å². The third-order valence-electron chi connectivity index (χ3n) is 6.02. The van der Waals surface area contributed by atoms with Gasteiger partial charge in [-0.1, -0.05) is 97.1 Å². The molecule has 0 aromatic heterocycles. The third kappa shape index (κ3) is 3.21. The molecule has 0 fully saturated rings. The fourth-order valence-corrected chi connectivity index (χ4v) is 4.56. The Morgan fingerprint density at radius 2 is 1.32 bits per heavy atom. The standard InChI is InChI=1S/C27H23NO3/c1-26(19-18-23(29)31-2)24(20-12-6-3-7-13-20)28-25(30)27(26,21-14-8-4-9-15-21)22-16-10-5-11-17-22/h3-19H,1-2H3/b19-18+. The van der Waals surface area contributed by atoms with Crippen molar-refractivity contribution < 1.29 is 14.3 Å². The van der Waals surface area contributed by atoms with Crippen molar-refractivity contribution in [3.63, 3.8) is 0 Å². The molecule has 31 heavy (non-hydrogen) atoms. The molecule has 0 bridgehead atoms. The van der Waals surface area contributed by atoms with E-state index in [1.165, 1.54) is 13.2 Å². The van der Waals surface area contributed by atoms with Crippen LogP contribution in [0.2, 0.25) is 0 Å². The zero-order chi connectivity index (χ0) is 21.9. The van der Waals surface area contributed by atoms with Gasteiger partial charge in [-0.15, -0.1) is 0 Å². The van der Waals surface area contributed by atoms with Crippen LogP contribution in [-0.2, 0) is 19.7 Å². The maximum absolute atomic E-state index is 13.9. The quantitative estimate of drug-likeness (QED) is 0.452. The van der Waals surface area contributed by atoms with E-state index in [0.29, 0.717) is 5.71 Å². The third-order valence-corrected chi connectivity index (χ3v) is 6.02. The molecule has 0 saturated heterocycles. The lowest BCUT2D eigenvalue weighted by molar-refractivity contribution is -0.135. The minimum Gasteiger partial charge on any atom is -0.466 e. The highest BCUT2D eigenvalue weighted by atomic mass is 16.5. The van der Waals surface area contributed by atoms with E-state index in [1.54, 1.807) is 6.08 Å². The monoisotopic (exact) mass is 409 g/mol. The largest absolute Gasteiger partial charge is 0.466 e. The molecule has 4 heteroatoms. The van der Waals surface area contributed by atoms with Crippen LogP contribution in [-0.4, -0.2) is 24.7 Å². The first-order valence-corrected chi connectivity index (χ1v) is 10.1. The number of allylic oxidation sites excluding steroid dienone is 1. The summed E-state index contributed by atoms with van der Waals surface area (Å²) in [7, 11) is 1.34. The predicted molar refractivity (Wildman–Crippen MR) is 121 cm³/mol. The highest BCUT2D eigenvalue weighted by Gasteiger charge is 2.61. The van der Waals surface area contributed by atoms with E-state index in [4.69, 9.17) is 4.74 Å². The van der Waals surface area contributed by atoms with Crippen molar-refractivity contribution in [1.82, 2.24) is 0 Å². The minimum atomic E-state index is -1.13. The Labute approximate surface area is 181 Å². The number of hydrogen-bond donors (Lipinski definition) is 0. The Bertz CT molecular complexity index is 1110. The van der Waals surface area contributed by atoms with E-state index < -0.39 is 16.8 Å². The van der Waals surface area contributed by atoms with Crippen LogP contribution in [0.1, 0.15) is 23.6 Å². The number of rotatable bonds is 5. The van der Waals surface area contributed by atoms with Crippen LogP contribution in [0.5, 0.6) is 0 Å². The summed E-state index contributed by atoms with van der Waals surface area (Å²) in [6.45, 7) is 1.96. The Kier molecular flexibility index (Phi) is 5.38. The highest BCUT2D eigenvalue weighted by molar-refractivity contribution is 6.21. The van der Waals surface area contributed by atoms with Crippen LogP contribution in [0.4, 0.5) is 0 Å². The van der Waals surface area contributed by atoms with Crippen molar-refractivity contribution in [2.45, 2.75) is 12.3 Å². The lowest BCUT2D eigenvalue weighted by Crippen LogP contribution is -2.49. The topological polar surface area (TPSA) is 55.7 Å². The second-order valence-electron chi connectivity index (χ2n) is 7.67. The molecule has 3 aromatic rings. The first-order valence-electron chi connectivity index (χ1n) is 10.1. The molecule has 0 radical (unpaired) electrons. The summed E-state index contributed by atoms with van der Waals surface area (Å²) in [5.74, 6) is -0.747. The maximum atomic E-state index is 13.9. The number of carbonyl (C=O) groups is 2. The SMILES string of the molecule is COC(=O)/C=C/C1(C)C(c2ccccc2)=NC(=O)C1(c1ccccc1)c1ccccc1. The van der Waals surface area contributed by atoms with E-state index in [2.05, 4.69) is 4.99 Å². The van der Waals surface area contributed by atoms with Crippen molar-refractivity contribution in [2.24, 2.45) is 10.4 Å². The summed E-state index contributed by atoms with van der Waals surface area (Å²) < 4.78 is 4.85.